The summed E-state index contributed by atoms with van der Waals surface area (Å²) in [4.78, 5) is 22.1. The van der Waals surface area contributed by atoms with E-state index in [1.807, 2.05) is 6.92 Å². The Balaban J connectivity index is -0.000000602. The Morgan fingerprint density at radius 2 is 1.76 bits per heavy atom. The molecule has 21 heavy (non-hydrogen) atoms. The zero-order chi connectivity index (χ0) is 16.0. The normalized spacial score (nSPS) is 15.6. The van der Waals surface area contributed by atoms with E-state index in [-0.39, 0.29) is 31.8 Å². The summed E-state index contributed by atoms with van der Waals surface area (Å²) in [5.41, 5.74) is 0. The number of hydrogen-bond acceptors (Lipinski definition) is 4. The van der Waals surface area contributed by atoms with Crippen LogP contribution in [0.5, 0.6) is 0 Å². The van der Waals surface area contributed by atoms with E-state index in [1.165, 1.54) is 0 Å². The van der Waals surface area contributed by atoms with E-state index in [9.17, 15) is 27.7 Å². The van der Waals surface area contributed by atoms with Gasteiger partial charge in [-0.25, -0.2) is 0 Å². The van der Waals surface area contributed by atoms with Crippen molar-refractivity contribution in [3.8, 4) is 0 Å². The molecule has 122 valence electrons. The van der Waals surface area contributed by atoms with Gasteiger partial charge in [-0.05, 0) is 12.3 Å². The monoisotopic (exact) mass is 336 g/mol. The van der Waals surface area contributed by atoms with E-state index in [1.54, 1.807) is 6.92 Å². The van der Waals surface area contributed by atoms with Gasteiger partial charge >= 0.3 is 35.0 Å². The Bertz CT molecular complexity index is 458. The summed E-state index contributed by atoms with van der Waals surface area (Å²) >= 11 is 0. The van der Waals surface area contributed by atoms with E-state index in [0.29, 0.717) is 12.8 Å². The smallest absolute Gasteiger partial charge is 1.00 e. The van der Waals surface area contributed by atoms with Crippen LogP contribution < -0.4 is 0 Å². The third-order valence-corrected chi connectivity index (χ3v) is 4.96. The largest absolute Gasteiger partial charge is 2.00 e. The van der Waals surface area contributed by atoms with Crippen LogP contribution in [0.25, 0.3) is 0 Å². The zero-order valence-corrected chi connectivity index (χ0v) is 14.6. The number of carboxylic acids is 2. The van der Waals surface area contributed by atoms with Crippen LogP contribution in [0.15, 0.2) is 0 Å². The molecular weight excluding hydrogens is 312 g/mol. The van der Waals surface area contributed by atoms with Crippen LogP contribution in [0, 0.1) is 5.92 Å². The van der Waals surface area contributed by atoms with Gasteiger partial charge in [0.25, 0.3) is 10.1 Å². The molecule has 0 spiro atoms. The van der Waals surface area contributed by atoms with Crippen LogP contribution in [0.3, 0.4) is 0 Å². The fourth-order valence-electron chi connectivity index (χ4n) is 2.20. The van der Waals surface area contributed by atoms with E-state index >= 15 is 0 Å². The van der Waals surface area contributed by atoms with Gasteiger partial charge in [0.2, 0.25) is 4.75 Å². The first-order valence-electron chi connectivity index (χ1n) is 6.53. The first-order valence-corrected chi connectivity index (χ1v) is 7.97. The number of rotatable bonds is 10. The molecule has 9 heteroatoms. The predicted molar refractivity (Wildman–Crippen MR) is 80.1 cm³/mol. The van der Waals surface area contributed by atoms with Crippen molar-refractivity contribution in [1.82, 2.24) is 0 Å². The zero-order valence-electron chi connectivity index (χ0n) is 14.4. The van der Waals surface area contributed by atoms with Gasteiger partial charge in [0.15, 0.2) is 0 Å². The molecule has 0 aliphatic rings. The molecule has 0 fully saturated rings. The molecule has 0 aromatic carbocycles. The summed E-state index contributed by atoms with van der Waals surface area (Å²) in [5, 5.41) is 18.0. The molecule has 0 radical (unpaired) electrons. The van der Waals surface area contributed by atoms with Crippen molar-refractivity contribution in [2.45, 2.75) is 57.1 Å². The van der Waals surface area contributed by atoms with Crippen molar-refractivity contribution in [3.05, 3.63) is 0 Å². The van der Waals surface area contributed by atoms with Gasteiger partial charge < -0.3 is 13.1 Å². The summed E-state index contributed by atoms with van der Waals surface area (Å²) in [6, 6.07) is 0. The Hall–Kier alpha value is -0.384. The summed E-state index contributed by atoms with van der Waals surface area (Å²) in [6.45, 7) is 3.72. The predicted octanol–water partition coefficient (Wildman–Crippen LogP) is 1.62. The van der Waals surface area contributed by atoms with Gasteiger partial charge in [-0.2, -0.15) is 8.42 Å². The Morgan fingerprint density at radius 1 is 1.24 bits per heavy atom. The van der Waals surface area contributed by atoms with Crippen LogP contribution in [-0.2, 0) is 19.7 Å². The van der Waals surface area contributed by atoms with Gasteiger partial charge in [0.1, 0.15) is 0 Å². The van der Waals surface area contributed by atoms with Crippen molar-refractivity contribution in [2.75, 3.05) is 0 Å². The fourth-order valence-corrected chi connectivity index (χ4v) is 3.17. The molecule has 0 bridgehead atoms. The molecule has 0 heterocycles. The standard InChI is InChI=1S/C12H22O7S.Mg.2H/c1-3-5-6-9(4-2)7-12(11(15)16,8-10(13)14)20(17,18)19;;;/h9H,3-8H2,1-2H3,(H,13,14)(H,15,16)(H,17,18,19);;;/q;+2;2*-1. The number of carbonyl (C=O) groups is 2. The topological polar surface area (TPSA) is 129 Å². The minimum absolute atomic E-state index is 0. The summed E-state index contributed by atoms with van der Waals surface area (Å²) < 4.78 is 29.5. The van der Waals surface area contributed by atoms with E-state index < -0.39 is 39.6 Å². The second kappa shape index (κ2) is 9.60. The minimum Gasteiger partial charge on any atom is -1.00 e. The molecule has 3 N–H and O–H groups in total. The molecule has 2 atom stereocenters. The van der Waals surface area contributed by atoms with Gasteiger partial charge in [-0.1, -0.05) is 39.5 Å². The molecule has 0 rings (SSSR count). The quantitative estimate of drug-likeness (QED) is 0.408. The number of unbranched alkanes of at least 4 members (excludes halogenated alkanes) is 1. The van der Waals surface area contributed by atoms with Crippen LogP contribution in [0.1, 0.15) is 55.2 Å². The van der Waals surface area contributed by atoms with Crippen molar-refractivity contribution in [1.29, 1.82) is 0 Å². The van der Waals surface area contributed by atoms with Crippen LogP contribution in [0.2, 0.25) is 0 Å². The van der Waals surface area contributed by atoms with E-state index in [0.717, 1.165) is 12.8 Å². The summed E-state index contributed by atoms with van der Waals surface area (Å²) in [6.07, 6.45) is 1.21. The second-order valence-electron chi connectivity index (χ2n) is 4.97. The third-order valence-electron chi connectivity index (χ3n) is 3.48. The maximum absolute atomic E-state index is 11.5. The SMILES string of the molecule is CCCCC(CC)CC(CC(=O)O)(C(=O)O)S(=O)(=O)O.[H-].[H-].[Mg+2]. The number of hydrogen-bond donors (Lipinski definition) is 3. The van der Waals surface area contributed by atoms with Crippen molar-refractivity contribution in [2.24, 2.45) is 5.92 Å². The second-order valence-corrected chi connectivity index (χ2v) is 6.70. The van der Waals surface area contributed by atoms with Crippen LogP contribution >= 0.6 is 0 Å². The Labute approximate surface area is 144 Å². The molecule has 0 aliphatic carbocycles. The maximum Gasteiger partial charge on any atom is 2.00 e. The maximum atomic E-state index is 11.5. The van der Waals surface area contributed by atoms with Crippen molar-refractivity contribution < 1.29 is 35.6 Å². The molecule has 2 unspecified atom stereocenters. The number of aliphatic carboxylic acids is 2. The molecular formula is C12H24MgO7S. The third kappa shape index (κ3) is 6.49. The molecule has 0 aromatic heterocycles. The van der Waals surface area contributed by atoms with Gasteiger partial charge in [0, 0.05) is 0 Å². The number of carboxylic acid groups (broad SMARTS) is 2. The first-order chi connectivity index (χ1) is 9.10. The molecule has 0 aliphatic heterocycles. The Morgan fingerprint density at radius 3 is 2.05 bits per heavy atom. The molecule has 7 nitrogen and oxygen atoms in total. The summed E-state index contributed by atoms with van der Waals surface area (Å²) in [7, 11) is -5.03. The van der Waals surface area contributed by atoms with Crippen LogP contribution in [-0.4, -0.2) is 62.9 Å². The fraction of sp³-hybridized carbons (Fsp3) is 0.833. The van der Waals surface area contributed by atoms with Gasteiger partial charge in [0.05, 0.1) is 6.42 Å². The molecule has 0 amide bonds. The average Bonchev–Trinajstić information content (AvgIpc) is 2.30. The molecule has 0 saturated carbocycles. The van der Waals surface area contributed by atoms with Crippen molar-refractivity contribution in [3.63, 3.8) is 0 Å². The first kappa shape index (κ1) is 22.9. The van der Waals surface area contributed by atoms with Gasteiger partial charge in [-0.15, -0.1) is 0 Å². The van der Waals surface area contributed by atoms with E-state index in [2.05, 4.69) is 0 Å². The Kier molecular flexibility index (Phi) is 10.5. The molecule has 0 aromatic rings. The van der Waals surface area contributed by atoms with Crippen LogP contribution in [0.4, 0.5) is 0 Å². The molecule has 0 saturated heterocycles. The van der Waals surface area contributed by atoms with E-state index in [4.69, 9.17) is 5.11 Å². The average molecular weight is 337 g/mol. The summed E-state index contributed by atoms with van der Waals surface area (Å²) in [5.74, 6) is -3.67. The minimum atomic E-state index is -5.03. The van der Waals surface area contributed by atoms with Crippen molar-refractivity contribution >= 4 is 45.1 Å². The van der Waals surface area contributed by atoms with Gasteiger partial charge in [-0.3, -0.25) is 14.1 Å².